The Labute approximate surface area is 159 Å². The fourth-order valence-corrected chi connectivity index (χ4v) is 4.00. The Morgan fingerprint density at radius 3 is 2.68 bits per heavy atom. The fourth-order valence-electron chi connectivity index (χ4n) is 4.00. The number of carbonyl (C=O) groups is 2. The summed E-state index contributed by atoms with van der Waals surface area (Å²) in [6, 6.07) is 13.8. The molecule has 8 heteroatoms. The molecule has 0 aliphatic carbocycles. The van der Waals surface area contributed by atoms with Crippen molar-refractivity contribution in [2.75, 3.05) is 13.2 Å². The lowest BCUT2D eigenvalue weighted by Crippen LogP contribution is -2.47. The van der Waals surface area contributed by atoms with Crippen molar-refractivity contribution in [3.8, 4) is 5.75 Å². The first-order chi connectivity index (χ1) is 13.6. The number of urea groups is 1. The van der Waals surface area contributed by atoms with Crippen molar-refractivity contribution in [1.82, 2.24) is 14.8 Å². The van der Waals surface area contributed by atoms with Crippen LogP contribution in [0.3, 0.4) is 0 Å². The van der Waals surface area contributed by atoms with Gasteiger partial charge >= 0.3 is 11.8 Å². The van der Waals surface area contributed by atoms with E-state index in [2.05, 4.69) is 5.32 Å². The van der Waals surface area contributed by atoms with E-state index < -0.39 is 17.3 Å². The van der Waals surface area contributed by atoms with Crippen LogP contribution >= 0.6 is 0 Å². The maximum atomic E-state index is 13.2. The lowest BCUT2D eigenvalue weighted by molar-refractivity contribution is -0.132. The van der Waals surface area contributed by atoms with E-state index in [4.69, 9.17) is 9.15 Å². The Bertz CT molecular complexity index is 1160. The summed E-state index contributed by atoms with van der Waals surface area (Å²) in [5, 5.41) is 2.85. The summed E-state index contributed by atoms with van der Waals surface area (Å²) < 4.78 is 12.3. The quantitative estimate of drug-likeness (QED) is 0.701. The second-order valence-corrected chi connectivity index (χ2v) is 6.87. The van der Waals surface area contributed by atoms with Gasteiger partial charge < -0.3 is 14.5 Å². The van der Waals surface area contributed by atoms with Gasteiger partial charge in [0.2, 0.25) is 0 Å². The van der Waals surface area contributed by atoms with Crippen LogP contribution in [-0.4, -0.2) is 34.6 Å². The Balaban J connectivity index is 1.45. The molecule has 1 N–H and O–H groups in total. The van der Waals surface area contributed by atoms with Crippen molar-refractivity contribution in [1.29, 1.82) is 0 Å². The van der Waals surface area contributed by atoms with Crippen LogP contribution in [0.4, 0.5) is 4.79 Å². The molecule has 0 saturated carbocycles. The number of rotatable bonds is 3. The van der Waals surface area contributed by atoms with Crippen LogP contribution in [0.1, 0.15) is 12.0 Å². The highest BCUT2D eigenvalue weighted by molar-refractivity contribution is 6.08. The number of benzene rings is 2. The molecule has 0 unspecified atom stereocenters. The molecular formula is C20H17N3O5. The topological polar surface area (TPSA) is 93.8 Å². The van der Waals surface area contributed by atoms with Crippen molar-refractivity contribution in [3.05, 3.63) is 64.6 Å². The van der Waals surface area contributed by atoms with E-state index in [9.17, 15) is 14.4 Å². The number of aromatic nitrogens is 1. The SMILES string of the molecule is O=C1N[C@@]2(CCOc3ccccc32)C(=O)N1CCn1c(=O)oc2ccccc21. The van der Waals surface area contributed by atoms with Gasteiger partial charge in [-0.05, 0) is 18.2 Å². The molecule has 142 valence electrons. The van der Waals surface area contributed by atoms with E-state index in [0.717, 1.165) is 4.90 Å². The molecule has 3 amide bonds. The molecular weight excluding hydrogens is 362 g/mol. The van der Waals surface area contributed by atoms with Crippen LogP contribution in [0, 0.1) is 0 Å². The van der Waals surface area contributed by atoms with Gasteiger partial charge in [-0.2, -0.15) is 0 Å². The molecule has 5 rings (SSSR count). The lowest BCUT2D eigenvalue weighted by atomic mass is 9.84. The molecule has 3 aromatic rings. The summed E-state index contributed by atoms with van der Waals surface area (Å²) in [6.07, 6.45) is 0.361. The van der Waals surface area contributed by atoms with Crippen LogP contribution in [0.2, 0.25) is 0 Å². The van der Waals surface area contributed by atoms with Crippen LogP contribution in [0.15, 0.2) is 57.7 Å². The number of nitrogens with zero attached hydrogens (tertiary/aromatic N) is 2. The average molecular weight is 379 g/mol. The Morgan fingerprint density at radius 1 is 1.00 bits per heavy atom. The number of para-hydroxylation sites is 3. The third-order valence-corrected chi connectivity index (χ3v) is 5.38. The first-order valence-electron chi connectivity index (χ1n) is 9.05. The van der Waals surface area contributed by atoms with Crippen molar-refractivity contribution in [2.45, 2.75) is 18.5 Å². The van der Waals surface area contributed by atoms with E-state index in [-0.39, 0.29) is 19.0 Å². The zero-order chi connectivity index (χ0) is 19.3. The zero-order valence-corrected chi connectivity index (χ0v) is 14.9. The van der Waals surface area contributed by atoms with Gasteiger partial charge in [-0.25, -0.2) is 9.59 Å². The minimum atomic E-state index is -1.12. The number of carbonyl (C=O) groups excluding carboxylic acids is 2. The summed E-state index contributed by atoms with van der Waals surface area (Å²) in [7, 11) is 0. The van der Waals surface area contributed by atoms with Crippen molar-refractivity contribution in [3.63, 3.8) is 0 Å². The Morgan fingerprint density at radius 2 is 1.79 bits per heavy atom. The van der Waals surface area contributed by atoms with Gasteiger partial charge in [0.15, 0.2) is 11.1 Å². The summed E-state index contributed by atoms with van der Waals surface area (Å²) in [5.41, 5.74) is 0.647. The second kappa shape index (κ2) is 5.98. The molecule has 0 radical (unpaired) electrons. The first kappa shape index (κ1) is 16.6. The molecule has 2 aromatic carbocycles. The largest absolute Gasteiger partial charge is 0.493 e. The molecule has 28 heavy (non-hydrogen) atoms. The molecule has 0 bridgehead atoms. The molecule has 1 atom stereocenters. The molecule has 1 spiro atoms. The van der Waals surface area contributed by atoms with Gasteiger partial charge in [0.05, 0.1) is 12.1 Å². The fraction of sp³-hybridized carbons (Fsp3) is 0.250. The molecule has 2 aliphatic rings. The van der Waals surface area contributed by atoms with Crippen LogP contribution in [0.25, 0.3) is 11.1 Å². The number of nitrogens with one attached hydrogen (secondary N) is 1. The predicted octanol–water partition coefficient (Wildman–Crippen LogP) is 1.82. The third-order valence-electron chi connectivity index (χ3n) is 5.38. The second-order valence-electron chi connectivity index (χ2n) is 6.87. The third kappa shape index (κ3) is 2.27. The van der Waals surface area contributed by atoms with Gasteiger partial charge in [0.25, 0.3) is 5.91 Å². The zero-order valence-electron chi connectivity index (χ0n) is 14.9. The predicted molar refractivity (Wildman–Crippen MR) is 99.0 cm³/mol. The number of amides is 3. The maximum absolute atomic E-state index is 13.2. The number of oxazole rings is 1. The van der Waals surface area contributed by atoms with Gasteiger partial charge in [0.1, 0.15) is 5.75 Å². The van der Waals surface area contributed by atoms with Crippen molar-refractivity contribution in [2.24, 2.45) is 0 Å². The van der Waals surface area contributed by atoms with E-state index in [1.54, 1.807) is 36.4 Å². The highest BCUT2D eigenvalue weighted by Gasteiger charge is 2.54. The Kier molecular flexibility index (Phi) is 3.55. The van der Waals surface area contributed by atoms with Crippen LogP contribution < -0.4 is 15.8 Å². The number of hydrogen-bond acceptors (Lipinski definition) is 5. The van der Waals surface area contributed by atoms with E-state index in [1.165, 1.54) is 4.57 Å². The maximum Gasteiger partial charge on any atom is 0.420 e. The van der Waals surface area contributed by atoms with Gasteiger partial charge in [-0.1, -0.05) is 30.3 Å². The first-order valence-corrected chi connectivity index (χ1v) is 9.05. The van der Waals surface area contributed by atoms with Gasteiger partial charge in [0, 0.05) is 25.1 Å². The smallest absolute Gasteiger partial charge is 0.420 e. The highest BCUT2D eigenvalue weighted by Crippen LogP contribution is 2.40. The molecule has 1 saturated heterocycles. The van der Waals surface area contributed by atoms with Crippen molar-refractivity contribution < 1.29 is 18.7 Å². The normalized spacial score (nSPS) is 21.1. The standard InChI is InChI=1S/C20H17N3O5/c24-17-20(9-12-27-15-7-3-1-5-13(15)20)21-18(25)23(17)11-10-22-14-6-2-4-8-16(14)28-19(22)26/h1-8H,9-12H2,(H,21,25)/t20-/m1/s1. The monoisotopic (exact) mass is 379 g/mol. The number of hydrogen-bond donors (Lipinski definition) is 1. The summed E-state index contributed by atoms with van der Waals surface area (Å²) in [6.45, 7) is 0.560. The minimum Gasteiger partial charge on any atom is -0.493 e. The molecule has 2 aliphatic heterocycles. The Hall–Kier alpha value is -3.55. The lowest BCUT2D eigenvalue weighted by Gasteiger charge is -2.33. The van der Waals surface area contributed by atoms with Gasteiger partial charge in [-0.15, -0.1) is 0 Å². The summed E-state index contributed by atoms with van der Waals surface area (Å²) >= 11 is 0. The van der Waals surface area contributed by atoms with E-state index in [1.807, 2.05) is 12.1 Å². The van der Waals surface area contributed by atoms with Gasteiger partial charge in [-0.3, -0.25) is 14.3 Å². The average Bonchev–Trinajstić information content (AvgIpc) is 3.14. The van der Waals surface area contributed by atoms with E-state index in [0.29, 0.717) is 35.4 Å². The summed E-state index contributed by atoms with van der Waals surface area (Å²) in [4.78, 5) is 39.2. The van der Waals surface area contributed by atoms with Crippen molar-refractivity contribution >= 4 is 23.0 Å². The summed E-state index contributed by atoms with van der Waals surface area (Å²) in [5.74, 6) is -0.241. The molecule has 1 aromatic heterocycles. The number of fused-ring (bicyclic) bond motifs is 3. The number of ether oxygens (including phenoxy) is 1. The van der Waals surface area contributed by atoms with Crippen LogP contribution in [-0.2, 0) is 16.9 Å². The highest BCUT2D eigenvalue weighted by atomic mass is 16.5. The molecule has 8 nitrogen and oxygen atoms in total. The molecule has 1 fully saturated rings. The van der Waals surface area contributed by atoms with Crippen LogP contribution in [0.5, 0.6) is 5.75 Å². The molecule has 3 heterocycles. The minimum absolute atomic E-state index is 0.0683. The van der Waals surface area contributed by atoms with E-state index >= 15 is 0 Å². The number of imide groups is 1.